The van der Waals surface area contributed by atoms with Crippen LogP contribution in [0.5, 0.6) is 23.0 Å². The number of rotatable bonds is 14. The molecule has 1 saturated carbocycles. The summed E-state index contributed by atoms with van der Waals surface area (Å²) >= 11 is 9.99. The van der Waals surface area contributed by atoms with E-state index in [0.717, 1.165) is 18.4 Å². The number of primary amides is 2. The molecule has 3 rings (SSSR count). The van der Waals surface area contributed by atoms with Crippen LogP contribution in [0.25, 0.3) is 0 Å². The first-order valence-electron chi connectivity index (χ1n) is 12.7. The number of hydrogen-bond acceptors (Lipinski definition) is 8. The number of aliphatic hydroxyl groups excluding tert-OH is 1. The van der Waals surface area contributed by atoms with Crippen molar-refractivity contribution in [2.45, 2.75) is 70.4 Å². The van der Waals surface area contributed by atoms with Gasteiger partial charge in [0.05, 0.1) is 29.8 Å². The Labute approximate surface area is 241 Å². The second kappa shape index (κ2) is 14.1. The van der Waals surface area contributed by atoms with E-state index in [1.807, 2.05) is 0 Å². The summed E-state index contributed by atoms with van der Waals surface area (Å²) in [5, 5.41) is 13.3. The quantitative estimate of drug-likeness (QED) is 0.229. The van der Waals surface area contributed by atoms with Crippen LogP contribution in [0.15, 0.2) is 28.7 Å². The fraction of sp³-hybridized carbons (Fsp3) is 0.481. The van der Waals surface area contributed by atoms with Gasteiger partial charge in [-0.15, -0.1) is 0 Å². The first-order chi connectivity index (χ1) is 18.6. The molecule has 12 heteroatoms. The van der Waals surface area contributed by atoms with Crippen LogP contribution in [0.3, 0.4) is 0 Å². The number of ether oxygens (including phenoxy) is 4. The molecule has 2 amide bonds. The Kier molecular flexibility index (Phi) is 11.1. The van der Waals surface area contributed by atoms with E-state index in [0.29, 0.717) is 22.6 Å². The highest BCUT2D eigenvalue weighted by molar-refractivity contribution is 9.10. The maximum Gasteiger partial charge on any atom is 0.341 e. The standard InChI is InChI=1S/C27H35BrClN3O7/c1-3-37-22-12-17(15-33)9-19(28)24(22)38-27(26(31)35,13-23(30)34)39-25-20(29)10-16(11-21(25)36-2)14-32-18-7-5-4-6-8-18/h9-12,18,32-33H,3-8,13-15H2,1-2H3,(H2,30,34)(H2,31,35). The Hall–Kier alpha value is -2.73. The Morgan fingerprint density at radius 3 is 2.33 bits per heavy atom. The zero-order valence-corrected chi connectivity index (χ0v) is 24.4. The third kappa shape index (κ3) is 7.91. The smallest absolute Gasteiger partial charge is 0.341 e. The van der Waals surface area contributed by atoms with E-state index in [9.17, 15) is 14.7 Å². The van der Waals surface area contributed by atoms with Crippen LogP contribution in [0.4, 0.5) is 0 Å². The lowest BCUT2D eigenvalue weighted by Crippen LogP contribution is -2.56. The largest absolute Gasteiger partial charge is 0.493 e. The third-order valence-corrected chi connectivity index (χ3v) is 7.23. The van der Waals surface area contributed by atoms with E-state index in [2.05, 4.69) is 21.2 Å². The van der Waals surface area contributed by atoms with E-state index >= 15 is 0 Å². The Bertz CT molecular complexity index is 1180. The van der Waals surface area contributed by atoms with Crippen molar-refractivity contribution in [3.63, 3.8) is 0 Å². The molecule has 39 heavy (non-hydrogen) atoms. The van der Waals surface area contributed by atoms with E-state index < -0.39 is 24.0 Å². The molecule has 0 aliphatic heterocycles. The number of nitrogens with one attached hydrogen (secondary N) is 1. The number of aliphatic hydroxyl groups is 1. The van der Waals surface area contributed by atoms with Crippen LogP contribution in [-0.2, 0) is 22.7 Å². The fourth-order valence-corrected chi connectivity index (χ4v) is 5.30. The molecule has 0 bridgehead atoms. The summed E-state index contributed by atoms with van der Waals surface area (Å²) < 4.78 is 23.6. The van der Waals surface area contributed by atoms with Gasteiger partial charge >= 0.3 is 11.7 Å². The van der Waals surface area contributed by atoms with Gasteiger partial charge in [-0.2, -0.15) is 0 Å². The molecule has 1 fully saturated rings. The van der Waals surface area contributed by atoms with Gasteiger partial charge in [0.25, 0.3) is 0 Å². The van der Waals surface area contributed by atoms with E-state index in [4.69, 9.17) is 42.0 Å². The normalized spacial score (nSPS) is 15.3. The van der Waals surface area contributed by atoms with Gasteiger partial charge in [-0.05, 0) is 71.1 Å². The van der Waals surface area contributed by atoms with Gasteiger partial charge in [-0.25, -0.2) is 0 Å². The van der Waals surface area contributed by atoms with Crippen molar-refractivity contribution < 1.29 is 33.6 Å². The second-order valence-electron chi connectivity index (χ2n) is 9.29. The van der Waals surface area contributed by atoms with Gasteiger partial charge < -0.3 is 40.8 Å². The van der Waals surface area contributed by atoms with Crippen molar-refractivity contribution in [1.82, 2.24) is 5.32 Å². The zero-order valence-electron chi connectivity index (χ0n) is 22.1. The summed E-state index contributed by atoms with van der Waals surface area (Å²) in [7, 11) is 1.43. The summed E-state index contributed by atoms with van der Waals surface area (Å²) in [5.41, 5.74) is 12.6. The molecule has 0 aromatic heterocycles. The molecule has 2 aromatic rings. The van der Waals surface area contributed by atoms with Gasteiger partial charge in [-0.1, -0.05) is 30.9 Å². The first kappa shape index (κ1) is 30.8. The Morgan fingerprint density at radius 1 is 1.08 bits per heavy atom. The van der Waals surface area contributed by atoms with Crippen molar-refractivity contribution >= 4 is 39.3 Å². The summed E-state index contributed by atoms with van der Waals surface area (Å²) in [5.74, 6) is -4.13. The van der Waals surface area contributed by atoms with E-state index in [1.54, 1.807) is 25.1 Å². The minimum absolute atomic E-state index is 0.0116. The minimum Gasteiger partial charge on any atom is -0.493 e. The molecule has 1 unspecified atom stereocenters. The summed E-state index contributed by atoms with van der Waals surface area (Å²) in [6.45, 7) is 2.28. The van der Waals surface area contributed by atoms with Crippen molar-refractivity contribution in [2.24, 2.45) is 11.5 Å². The number of carbonyl (C=O) groups excluding carboxylic acids is 2. The van der Waals surface area contributed by atoms with Crippen LogP contribution in [0, 0.1) is 0 Å². The first-order valence-corrected chi connectivity index (χ1v) is 13.9. The molecule has 0 spiro atoms. The van der Waals surface area contributed by atoms with Crippen LogP contribution >= 0.6 is 27.5 Å². The average molecular weight is 629 g/mol. The summed E-state index contributed by atoms with van der Waals surface area (Å²) in [6.07, 6.45) is 5.16. The molecule has 1 atom stereocenters. The lowest BCUT2D eigenvalue weighted by atomic mass is 9.95. The number of benzene rings is 2. The highest BCUT2D eigenvalue weighted by Gasteiger charge is 2.46. The average Bonchev–Trinajstić information content (AvgIpc) is 2.90. The number of hydrogen-bond donors (Lipinski definition) is 4. The summed E-state index contributed by atoms with van der Waals surface area (Å²) in [6, 6.07) is 6.94. The van der Waals surface area contributed by atoms with Crippen molar-refractivity contribution in [2.75, 3.05) is 13.7 Å². The number of nitrogens with two attached hydrogens (primary N) is 2. The molecule has 6 N–H and O–H groups in total. The lowest BCUT2D eigenvalue weighted by molar-refractivity contribution is -0.168. The molecule has 2 aromatic carbocycles. The van der Waals surface area contributed by atoms with Crippen molar-refractivity contribution in [3.8, 4) is 23.0 Å². The minimum atomic E-state index is -2.42. The van der Waals surface area contributed by atoms with Crippen LogP contribution < -0.4 is 35.7 Å². The number of halogens is 2. The molecular formula is C27H35BrClN3O7. The third-order valence-electron chi connectivity index (χ3n) is 6.36. The predicted octanol–water partition coefficient (Wildman–Crippen LogP) is 3.94. The van der Waals surface area contributed by atoms with Crippen LogP contribution in [0.1, 0.15) is 56.6 Å². The molecule has 1 aliphatic rings. The molecular weight excluding hydrogens is 594 g/mol. The number of carbonyl (C=O) groups is 2. The van der Waals surface area contributed by atoms with Crippen LogP contribution in [-0.4, -0.2) is 42.5 Å². The van der Waals surface area contributed by atoms with Crippen LogP contribution in [0.2, 0.25) is 5.02 Å². The Morgan fingerprint density at radius 2 is 1.74 bits per heavy atom. The van der Waals surface area contributed by atoms with Gasteiger partial charge in [-0.3, -0.25) is 9.59 Å². The molecule has 0 radical (unpaired) electrons. The van der Waals surface area contributed by atoms with Gasteiger partial charge in [0.1, 0.15) is 6.42 Å². The van der Waals surface area contributed by atoms with Crippen molar-refractivity contribution in [1.29, 1.82) is 0 Å². The maximum absolute atomic E-state index is 12.9. The number of amides is 2. The van der Waals surface area contributed by atoms with Gasteiger partial charge in [0.2, 0.25) is 5.91 Å². The highest BCUT2D eigenvalue weighted by Crippen LogP contribution is 2.43. The molecule has 10 nitrogen and oxygen atoms in total. The fourth-order valence-electron chi connectivity index (χ4n) is 4.46. The maximum atomic E-state index is 12.9. The van der Waals surface area contributed by atoms with Crippen molar-refractivity contribution in [3.05, 3.63) is 44.9 Å². The number of methoxy groups -OCH3 is 1. The summed E-state index contributed by atoms with van der Waals surface area (Å²) in [4.78, 5) is 25.0. The van der Waals surface area contributed by atoms with E-state index in [1.165, 1.54) is 32.4 Å². The molecule has 1 aliphatic carbocycles. The predicted molar refractivity (Wildman–Crippen MR) is 150 cm³/mol. The highest BCUT2D eigenvalue weighted by atomic mass is 79.9. The zero-order chi connectivity index (χ0) is 28.6. The SMILES string of the molecule is CCOc1cc(CO)cc(Br)c1OC(CC(N)=O)(Oc1c(Cl)cc(CNC2CCCCC2)cc1OC)C(N)=O. The molecule has 214 valence electrons. The van der Waals surface area contributed by atoms with Gasteiger partial charge in [0, 0.05) is 12.6 Å². The van der Waals surface area contributed by atoms with Gasteiger partial charge in [0.15, 0.2) is 23.0 Å². The van der Waals surface area contributed by atoms with E-state index in [-0.39, 0.29) is 41.2 Å². The topological polar surface area (TPSA) is 155 Å². The second-order valence-corrected chi connectivity index (χ2v) is 10.5. The molecule has 0 heterocycles. The monoisotopic (exact) mass is 627 g/mol. The molecule has 0 saturated heterocycles. The lowest BCUT2D eigenvalue weighted by Gasteiger charge is -2.32. The Balaban J connectivity index is 2.00.